The number of ether oxygens (including phenoxy) is 2. The van der Waals surface area contributed by atoms with E-state index in [2.05, 4.69) is 6.58 Å². The molecular formula is C7H12O3. The zero-order valence-corrected chi connectivity index (χ0v) is 5.99. The van der Waals surface area contributed by atoms with Crippen molar-refractivity contribution in [3.05, 3.63) is 12.7 Å². The third-order valence-electron chi connectivity index (χ3n) is 1.63. The highest BCUT2D eigenvalue weighted by Crippen LogP contribution is 2.26. The molecule has 1 aliphatic rings. The summed E-state index contributed by atoms with van der Waals surface area (Å²) in [5.74, 6) is 0. The van der Waals surface area contributed by atoms with Gasteiger partial charge in [0.15, 0.2) is 0 Å². The fourth-order valence-electron chi connectivity index (χ4n) is 0.957. The summed E-state index contributed by atoms with van der Waals surface area (Å²) in [4.78, 5) is 0. The molecule has 1 rings (SSSR count). The fourth-order valence-corrected chi connectivity index (χ4v) is 0.957. The number of methoxy groups -OCH3 is 1. The van der Waals surface area contributed by atoms with Crippen LogP contribution in [0.5, 0.6) is 0 Å². The van der Waals surface area contributed by atoms with Gasteiger partial charge in [0.2, 0.25) is 0 Å². The molecule has 3 nitrogen and oxygen atoms in total. The number of aliphatic hydroxyl groups is 1. The Kier molecular flexibility index (Phi) is 2.43. The molecule has 1 saturated heterocycles. The highest BCUT2D eigenvalue weighted by atomic mass is 16.6. The van der Waals surface area contributed by atoms with Gasteiger partial charge >= 0.3 is 0 Å². The molecule has 3 atom stereocenters. The Morgan fingerprint density at radius 3 is 2.90 bits per heavy atom. The quantitative estimate of drug-likeness (QED) is 0.444. The van der Waals surface area contributed by atoms with Gasteiger partial charge < -0.3 is 14.6 Å². The maximum absolute atomic E-state index is 8.60. The largest absolute Gasteiger partial charge is 0.394 e. The van der Waals surface area contributed by atoms with E-state index in [1.54, 1.807) is 13.2 Å². The van der Waals surface area contributed by atoms with E-state index in [0.717, 1.165) is 0 Å². The van der Waals surface area contributed by atoms with Gasteiger partial charge in [-0.25, -0.2) is 0 Å². The molecule has 0 amide bonds. The van der Waals surface area contributed by atoms with Gasteiger partial charge in [0, 0.05) is 7.11 Å². The van der Waals surface area contributed by atoms with Crippen LogP contribution in [0.3, 0.4) is 0 Å². The molecule has 0 bridgehead atoms. The number of epoxide rings is 1. The van der Waals surface area contributed by atoms with Gasteiger partial charge in [-0.15, -0.1) is 6.58 Å². The normalized spacial score (nSPS) is 33.4. The lowest BCUT2D eigenvalue weighted by molar-refractivity contribution is 0.113. The molecule has 0 aliphatic carbocycles. The summed E-state index contributed by atoms with van der Waals surface area (Å²) in [5.41, 5.74) is 0. The first-order valence-electron chi connectivity index (χ1n) is 3.25. The molecule has 0 spiro atoms. The summed E-state index contributed by atoms with van der Waals surface area (Å²) in [6, 6.07) is 0. The van der Waals surface area contributed by atoms with Crippen molar-refractivity contribution in [2.24, 2.45) is 0 Å². The SMILES string of the molecule is C=C[C@H](OC)[C@@H]1O[C@@H]1CO. The second-order valence-electron chi connectivity index (χ2n) is 2.26. The van der Waals surface area contributed by atoms with Crippen molar-refractivity contribution >= 4 is 0 Å². The van der Waals surface area contributed by atoms with E-state index >= 15 is 0 Å². The van der Waals surface area contributed by atoms with Crippen LogP contribution < -0.4 is 0 Å². The summed E-state index contributed by atoms with van der Waals surface area (Å²) in [6.07, 6.45) is 1.59. The third-order valence-corrected chi connectivity index (χ3v) is 1.63. The molecule has 1 aliphatic heterocycles. The minimum Gasteiger partial charge on any atom is -0.394 e. The molecule has 0 aromatic rings. The van der Waals surface area contributed by atoms with Gasteiger partial charge in [-0.05, 0) is 0 Å². The Balaban J connectivity index is 2.29. The average molecular weight is 144 g/mol. The molecule has 1 fully saturated rings. The van der Waals surface area contributed by atoms with Gasteiger partial charge in [0.25, 0.3) is 0 Å². The molecule has 0 aromatic heterocycles. The average Bonchev–Trinajstić information content (AvgIpc) is 2.70. The molecule has 58 valence electrons. The van der Waals surface area contributed by atoms with Crippen molar-refractivity contribution in [2.45, 2.75) is 18.3 Å². The van der Waals surface area contributed by atoms with Gasteiger partial charge in [0.1, 0.15) is 18.3 Å². The topological polar surface area (TPSA) is 42.0 Å². The predicted octanol–water partition coefficient (Wildman–Crippen LogP) is -0.0529. The van der Waals surface area contributed by atoms with Crippen molar-refractivity contribution in [3.8, 4) is 0 Å². The molecule has 10 heavy (non-hydrogen) atoms. The van der Waals surface area contributed by atoms with Gasteiger partial charge in [-0.3, -0.25) is 0 Å². The monoisotopic (exact) mass is 144 g/mol. The van der Waals surface area contributed by atoms with E-state index in [4.69, 9.17) is 14.6 Å². The van der Waals surface area contributed by atoms with E-state index in [-0.39, 0.29) is 24.9 Å². The van der Waals surface area contributed by atoms with Gasteiger partial charge in [0.05, 0.1) is 6.61 Å². The second kappa shape index (κ2) is 3.14. The van der Waals surface area contributed by atoms with Crippen molar-refractivity contribution in [1.82, 2.24) is 0 Å². The zero-order chi connectivity index (χ0) is 7.56. The lowest BCUT2D eigenvalue weighted by Gasteiger charge is -2.04. The van der Waals surface area contributed by atoms with Crippen LogP contribution in [0.4, 0.5) is 0 Å². The van der Waals surface area contributed by atoms with Gasteiger partial charge in [-0.1, -0.05) is 6.08 Å². The molecule has 0 saturated carbocycles. The van der Waals surface area contributed by atoms with Crippen molar-refractivity contribution in [1.29, 1.82) is 0 Å². The highest BCUT2D eigenvalue weighted by Gasteiger charge is 2.43. The fraction of sp³-hybridized carbons (Fsp3) is 0.714. The molecule has 3 heteroatoms. The van der Waals surface area contributed by atoms with E-state index in [1.165, 1.54) is 0 Å². The van der Waals surface area contributed by atoms with Crippen LogP contribution in [-0.4, -0.2) is 37.1 Å². The summed E-state index contributed by atoms with van der Waals surface area (Å²) < 4.78 is 10.1. The predicted molar refractivity (Wildman–Crippen MR) is 36.7 cm³/mol. The summed E-state index contributed by atoms with van der Waals surface area (Å²) in [6.45, 7) is 3.64. The summed E-state index contributed by atoms with van der Waals surface area (Å²) in [5, 5.41) is 8.60. The maximum Gasteiger partial charge on any atom is 0.116 e. The van der Waals surface area contributed by atoms with Crippen molar-refractivity contribution in [2.75, 3.05) is 13.7 Å². The lowest BCUT2D eigenvalue weighted by Crippen LogP contribution is -2.17. The van der Waals surface area contributed by atoms with Crippen molar-refractivity contribution < 1.29 is 14.6 Å². The lowest BCUT2D eigenvalue weighted by atomic mass is 10.2. The van der Waals surface area contributed by atoms with Crippen LogP contribution >= 0.6 is 0 Å². The minimum absolute atomic E-state index is 0.0208. The van der Waals surface area contributed by atoms with E-state index in [9.17, 15) is 0 Å². The van der Waals surface area contributed by atoms with Crippen LogP contribution in [0, 0.1) is 0 Å². The first kappa shape index (κ1) is 7.72. The molecule has 1 heterocycles. The molecular weight excluding hydrogens is 132 g/mol. The van der Waals surface area contributed by atoms with Crippen LogP contribution in [-0.2, 0) is 9.47 Å². The van der Waals surface area contributed by atoms with E-state index in [1.807, 2.05) is 0 Å². The highest BCUT2D eigenvalue weighted by molar-refractivity contribution is 4.98. The Morgan fingerprint density at radius 1 is 1.90 bits per heavy atom. The summed E-state index contributed by atoms with van der Waals surface area (Å²) in [7, 11) is 1.60. The molecule has 0 unspecified atom stereocenters. The number of rotatable bonds is 4. The minimum atomic E-state index is -0.0721. The van der Waals surface area contributed by atoms with E-state index in [0.29, 0.717) is 0 Å². The molecule has 0 radical (unpaired) electrons. The Bertz CT molecular complexity index is 124. The molecule has 0 aromatic carbocycles. The van der Waals surface area contributed by atoms with Crippen LogP contribution in [0.2, 0.25) is 0 Å². The summed E-state index contributed by atoms with van der Waals surface area (Å²) >= 11 is 0. The number of aliphatic hydroxyl groups excluding tert-OH is 1. The Labute approximate surface area is 60.3 Å². The number of hydrogen-bond acceptors (Lipinski definition) is 3. The zero-order valence-electron chi connectivity index (χ0n) is 5.99. The first-order chi connectivity index (χ1) is 4.83. The van der Waals surface area contributed by atoms with Gasteiger partial charge in [-0.2, -0.15) is 0 Å². The number of hydrogen-bond donors (Lipinski definition) is 1. The maximum atomic E-state index is 8.60. The Hall–Kier alpha value is -0.380. The third kappa shape index (κ3) is 1.37. The smallest absolute Gasteiger partial charge is 0.116 e. The van der Waals surface area contributed by atoms with Crippen LogP contribution in [0.15, 0.2) is 12.7 Å². The van der Waals surface area contributed by atoms with E-state index < -0.39 is 0 Å². The van der Waals surface area contributed by atoms with Crippen molar-refractivity contribution in [3.63, 3.8) is 0 Å². The van der Waals surface area contributed by atoms with Crippen LogP contribution in [0.1, 0.15) is 0 Å². The second-order valence-corrected chi connectivity index (χ2v) is 2.26. The Morgan fingerprint density at radius 2 is 2.60 bits per heavy atom. The first-order valence-corrected chi connectivity index (χ1v) is 3.25. The standard InChI is InChI=1S/C7H12O3/c1-3-5(9-2)7-6(4-8)10-7/h3,5-8H,1,4H2,2H3/t5-,6+,7-/m0/s1. The molecule has 1 N–H and O–H groups in total. The van der Waals surface area contributed by atoms with Crippen LogP contribution in [0.25, 0.3) is 0 Å².